The Balaban J connectivity index is 1.68. The zero-order chi connectivity index (χ0) is 18.1. The number of carboxylic acid groups (broad SMARTS) is 2. The molecule has 9 heteroatoms. The van der Waals surface area contributed by atoms with Crippen LogP contribution >= 0.6 is 11.8 Å². The summed E-state index contributed by atoms with van der Waals surface area (Å²) in [6.45, 7) is 0. The topological polar surface area (TPSA) is 124 Å². The van der Waals surface area contributed by atoms with Crippen LogP contribution in [0.3, 0.4) is 0 Å². The summed E-state index contributed by atoms with van der Waals surface area (Å²) < 4.78 is 0. The molecule has 0 saturated carbocycles. The van der Waals surface area contributed by atoms with Crippen molar-refractivity contribution in [1.29, 1.82) is 0 Å². The molecule has 2 heterocycles. The van der Waals surface area contributed by atoms with E-state index in [4.69, 9.17) is 10.2 Å². The van der Waals surface area contributed by atoms with Crippen LogP contribution in [0.4, 0.5) is 0 Å². The quantitative estimate of drug-likeness (QED) is 0.643. The van der Waals surface area contributed by atoms with Gasteiger partial charge in [0.25, 0.3) is 5.91 Å². The fraction of sp³-hybridized carbons (Fsp3) is 0.250. The van der Waals surface area contributed by atoms with Crippen molar-refractivity contribution >= 4 is 35.5 Å². The number of hydrogen-bond acceptors (Lipinski definition) is 5. The molecule has 3 rings (SSSR count). The van der Waals surface area contributed by atoms with Gasteiger partial charge < -0.3 is 15.5 Å². The van der Waals surface area contributed by atoms with Gasteiger partial charge in [0.2, 0.25) is 5.91 Å². The lowest BCUT2D eigenvalue weighted by atomic mass is 10.0. The fourth-order valence-corrected chi connectivity index (χ4v) is 4.01. The molecule has 0 aliphatic carbocycles. The Morgan fingerprint density at radius 2 is 1.92 bits per heavy atom. The number of aliphatic carboxylic acids is 1. The highest BCUT2D eigenvalue weighted by Crippen LogP contribution is 2.37. The first-order valence-corrected chi connectivity index (χ1v) is 8.43. The fourth-order valence-electron chi connectivity index (χ4n) is 2.82. The van der Waals surface area contributed by atoms with Gasteiger partial charge in [0, 0.05) is 5.75 Å². The second kappa shape index (κ2) is 6.60. The molecule has 0 aromatic heterocycles. The zero-order valence-corrected chi connectivity index (χ0v) is 13.7. The van der Waals surface area contributed by atoms with Crippen LogP contribution in [0, 0.1) is 0 Å². The molecule has 1 aromatic rings. The van der Waals surface area contributed by atoms with Gasteiger partial charge in [-0.05, 0) is 17.7 Å². The van der Waals surface area contributed by atoms with E-state index in [0.29, 0.717) is 11.3 Å². The van der Waals surface area contributed by atoms with Crippen molar-refractivity contribution < 1.29 is 29.4 Å². The molecule has 2 amide bonds. The Bertz CT molecular complexity index is 806. The molecule has 2 aliphatic rings. The summed E-state index contributed by atoms with van der Waals surface area (Å²) in [6.07, 6.45) is 1.29. The molecule has 2 atom stereocenters. The first-order chi connectivity index (χ1) is 11.9. The van der Waals surface area contributed by atoms with Crippen LogP contribution in [0.1, 0.15) is 15.9 Å². The summed E-state index contributed by atoms with van der Waals surface area (Å²) in [5.74, 6) is -2.85. The number of hydrogen-bond donors (Lipinski definition) is 3. The van der Waals surface area contributed by atoms with Crippen molar-refractivity contribution in [3.8, 4) is 0 Å². The Kier molecular flexibility index (Phi) is 4.49. The van der Waals surface area contributed by atoms with Crippen molar-refractivity contribution in [1.82, 2.24) is 10.2 Å². The van der Waals surface area contributed by atoms with Gasteiger partial charge in [-0.1, -0.05) is 18.2 Å². The van der Waals surface area contributed by atoms with E-state index >= 15 is 0 Å². The summed E-state index contributed by atoms with van der Waals surface area (Å²) in [4.78, 5) is 47.9. The summed E-state index contributed by atoms with van der Waals surface area (Å²) in [6, 6.07) is 5.33. The first-order valence-electron chi connectivity index (χ1n) is 7.39. The molecular formula is C16H14N2O6S. The SMILES string of the molecule is O=C(Cc1ccccc1C(=O)O)N[C@@H]1C(=O)N2C(C(=O)O)=CCS[C@H]12. The van der Waals surface area contributed by atoms with Gasteiger partial charge in [0.05, 0.1) is 12.0 Å². The number of carboxylic acids is 2. The van der Waals surface area contributed by atoms with Crippen LogP contribution < -0.4 is 5.32 Å². The molecule has 0 unspecified atom stereocenters. The maximum atomic E-state index is 12.2. The monoisotopic (exact) mass is 362 g/mol. The highest BCUT2D eigenvalue weighted by Gasteiger charge is 2.52. The lowest BCUT2D eigenvalue weighted by molar-refractivity contribution is -0.150. The maximum absolute atomic E-state index is 12.2. The van der Waals surface area contributed by atoms with E-state index in [2.05, 4.69) is 5.32 Å². The summed E-state index contributed by atoms with van der Waals surface area (Å²) in [5.41, 5.74) is 0.302. The number of fused-ring (bicyclic) bond motifs is 1. The van der Waals surface area contributed by atoms with E-state index in [0.717, 1.165) is 4.90 Å². The van der Waals surface area contributed by atoms with E-state index in [1.165, 1.54) is 23.9 Å². The first kappa shape index (κ1) is 17.0. The van der Waals surface area contributed by atoms with Crippen molar-refractivity contribution in [2.24, 2.45) is 0 Å². The number of rotatable bonds is 5. The van der Waals surface area contributed by atoms with Crippen molar-refractivity contribution in [2.45, 2.75) is 17.8 Å². The molecule has 2 aliphatic heterocycles. The van der Waals surface area contributed by atoms with Gasteiger partial charge in [-0.15, -0.1) is 11.8 Å². The molecule has 130 valence electrons. The van der Waals surface area contributed by atoms with Gasteiger partial charge in [0.15, 0.2) is 0 Å². The number of carbonyl (C=O) groups excluding carboxylic acids is 2. The molecule has 0 spiro atoms. The summed E-state index contributed by atoms with van der Waals surface area (Å²) >= 11 is 1.36. The van der Waals surface area contributed by atoms with Crippen LogP contribution in [-0.2, 0) is 20.8 Å². The average molecular weight is 362 g/mol. The second-order valence-electron chi connectivity index (χ2n) is 5.51. The molecule has 3 N–H and O–H groups in total. The molecule has 1 aromatic carbocycles. The average Bonchev–Trinajstić information content (AvgIpc) is 2.59. The van der Waals surface area contributed by atoms with Crippen LogP contribution in [-0.4, -0.2) is 56.0 Å². The Morgan fingerprint density at radius 3 is 2.60 bits per heavy atom. The highest BCUT2D eigenvalue weighted by atomic mass is 32.2. The van der Waals surface area contributed by atoms with Crippen LogP contribution in [0.15, 0.2) is 36.0 Å². The predicted octanol–water partition coefficient (Wildman–Crippen LogP) is 0.296. The number of nitrogens with zero attached hydrogens (tertiary/aromatic N) is 1. The molecule has 0 radical (unpaired) electrons. The standard InChI is InChI=1S/C16H14N2O6S/c19-11(7-8-3-1-2-4-9(8)15(21)22)17-12-13(20)18-10(16(23)24)5-6-25-14(12)18/h1-5,12,14H,6-7H2,(H,17,19)(H,21,22)(H,23,24)/t12-,14-/m1/s1. The van der Waals surface area contributed by atoms with Gasteiger partial charge in [-0.3, -0.25) is 14.5 Å². The molecule has 1 saturated heterocycles. The Hall–Kier alpha value is -2.81. The lowest BCUT2D eigenvalue weighted by Gasteiger charge is -2.48. The number of β-lactam (4-membered cyclic amide) rings is 1. The van der Waals surface area contributed by atoms with Gasteiger partial charge in [0.1, 0.15) is 17.1 Å². The van der Waals surface area contributed by atoms with Gasteiger partial charge >= 0.3 is 11.9 Å². The predicted molar refractivity (Wildman–Crippen MR) is 87.8 cm³/mol. The Morgan fingerprint density at radius 1 is 1.20 bits per heavy atom. The maximum Gasteiger partial charge on any atom is 0.352 e. The number of aromatic carboxylic acids is 1. The number of benzene rings is 1. The molecule has 1 fully saturated rings. The summed E-state index contributed by atoms with van der Waals surface area (Å²) in [5, 5.41) is 20.4. The number of thioether (sulfide) groups is 1. The smallest absolute Gasteiger partial charge is 0.352 e. The molecule has 0 bridgehead atoms. The van der Waals surface area contributed by atoms with E-state index in [9.17, 15) is 19.2 Å². The van der Waals surface area contributed by atoms with E-state index in [1.54, 1.807) is 18.2 Å². The molecular weight excluding hydrogens is 348 g/mol. The Labute approximate surface area is 146 Å². The number of carbonyl (C=O) groups is 4. The zero-order valence-electron chi connectivity index (χ0n) is 12.8. The highest BCUT2D eigenvalue weighted by molar-refractivity contribution is 8.00. The van der Waals surface area contributed by atoms with Crippen LogP contribution in [0.2, 0.25) is 0 Å². The number of amides is 2. The van der Waals surface area contributed by atoms with E-state index in [1.807, 2.05) is 0 Å². The minimum absolute atomic E-state index is 0.0300. The van der Waals surface area contributed by atoms with Gasteiger partial charge in [-0.25, -0.2) is 9.59 Å². The van der Waals surface area contributed by atoms with E-state index in [-0.39, 0.29) is 17.7 Å². The van der Waals surface area contributed by atoms with Crippen molar-refractivity contribution in [3.05, 3.63) is 47.2 Å². The third-order valence-electron chi connectivity index (χ3n) is 3.98. The minimum Gasteiger partial charge on any atom is -0.478 e. The van der Waals surface area contributed by atoms with Crippen LogP contribution in [0.5, 0.6) is 0 Å². The van der Waals surface area contributed by atoms with Crippen LogP contribution in [0.25, 0.3) is 0 Å². The van der Waals surface area contributed by atoms with Crippen molar-refractivity contribution in [2.75, 3.05) is 5.75 Å². The third-order valence-corrected chi connectivity index (χ3v) is 5.16. The minimum atomic E-state index is -1.18. The number of nitrogens with one attached hydrogen (secondary N) is 1. The normalized spacial score (nSPS) is 21.7. The molecule has 25 heavy (non-hydrogen) atoms. The third kappa shape index (κ3) is 3.10. The second-order valence-corrected chi connectivity index (χ2v) is 6.66. The molecule has 8 nitrogen and oxygen atoms in total. The van der Waals surface area contributed by atoms with Gasteiger partial charge in [-0.2, -0.15) is 0 Å². The lowest BCUT2D eigenvalue weighted by Crippen LogP contribution is -2.70. The van der Waals surface area contributed by atoms with Crippen molar-refractivity contribution in [3.63, 3.8) is 0 Å². The van der Waals surface area contributed by atoms with E-state index < -0.39 is 35.2 Å². The summed E-state index contributed by atoms with van der Waals surface area (Å²) in [7, 11) is 0. The largest absolute Gasteiger partial charge is 0.478 e.